The first-order chi connectivity index (χ1) is 16.9. The van der Waals surface area contributed by atoms with E-state index in [9.17, 15) is 13.2 Å². The van der Waals surface area contributed by atoms with Crippen LogP contribution in [0.1, 0.15) is 29.3 Å². The lowest BCUT2D eigenvalue weighted by molar-refractivity contribution is -0.0790. The molecule has 2 aromatic heterocycles. The fraction of sp³-hybridized carbons (Fsp3) is 0.500. The molecule has 4 heterocycles. The quantitative estimate of drug-likeness (QED) is 0.399. The molecular weight excluding hydrogens is 464 g/mol. The lowest BCUT2D eigenvalue weighted by Gasteiger charge is -2.40. The summed E-state index contributed by atoms with van der Waals surface area (Å²) in [4.78, 5) is 7.98. The van der Waals surface area contributed by atoms with Crippen molar-refractivity contribution < 1.29 is 22.7 Å². The first-order valence-corrected chi connectivity index (χ1v) is 11.8. The van der Waals surface area contributed by atoms with Crippen LogP contribution in [-0.4, -0.2) is 88.1 Å². The van der Waals surface area contributed by atoms with Gasteiger partial charge < -0.3 is 10.4 Å². The maximum Gasteiger partial charge on any atom is 0.283 e. The highest BCUT2D eigenvalue weighted by Crippen LogP contribution is 2.39. The molecule has 1 fully saturated rings. The van der Waals surface area contributed by atoms with Crippen molar-refractivity contribution in [3.8, 4) is 0 Å². The van der Waals surface area contributed by atoms with Crippen LogP contribution in [0.4, 0.5) is 23.2 Å². The third-order valence-corrected chi connectivity index (χ3v) is 6.81. The standard InChI is InChI=1S/C24H28F4N6O/c25-5-1-6-33-11-16(12-33)31-15-8-20(26)22(29-9-15)23-18-2-3-21-19(10-30-32-21)17(18)4-7-34(23)13-24(27,28)14-35/h2-3,8-10,16,23,31,35H,1,4-7,11-14H2,(H,30,32). The number of benzene rings is 1. The Balaban J connectivity index is 1.42. The zero-order chi connectivity index (χ0) is 24.6. The summed E-state index contributed by atoms with van der Waals surface area (Å²) in [5.74, 6) is -3.92. The van der Waals surface area contributed by atoms with Gasteiger partial charge in [0.2, 0.25) is 0 Å². The maximum absolute atomic E-state index is 15.4. The van der Waals surface area contributed by atoms with Gasteiger partial charge in [0.25, 0.3) is 5.92 Å². The van der Waals surface area contributed by atoms with Gasteiger partial charge in [-0.15, -0.1) is 0 Å². The summed E-state index contributed by atoms with van der Waals surface area (Å²) >= 11 is 0. The monoisotopic (exact) mass is 492 g/mol. The molecule has 0 spiro atoms. The molecule has 3 N–H and O–H groups in total. The van der Waals surface area contributed by atoms with Gasteiger partial charge in [-0.1, -0.05) is 6.07 Å². The van der Waals surface area contributed by atoms with Crippen LogP contribution < -0.4 is 5.32 Å². The second-order valence-corrected chi connectivity index (χ2v) is 9.34. The minimum atomic E-state index is -3.33. The average molecular weight is 493 g/mol. The van der Waals surface area contributed by atoms with E-state index in [0.29, 0.717) is 30.6 Å². The highest BCUT2D eigenvalue weighted by Gasteiger charge is 2.39. The number of aromatic amines is 1. The van der Waals surface area contributed by atoms with Crippen molar-refractivity contribution in [2.45, 2.75) is 30.8 Å². The van der Waals surface area contributed by atoms with Crippen molar-refractivity contribution in [3.05, 3.63) is 53.2 Å². The number of rotatable bonds is 9. The topological polar surface area (TPSA) is 80.3 Å². The zero-order valence-electron chi connectivity index (χ0n) is 19.2. The average Bonchev–Trinajstić information content (AvgIpc) is 3.30. The van der Waals surface area contributed by atoms with Crippen molar-refractivity contribution in [1.29, 1.82) is 0 Å². The Hall–Kier alpha value is -2.76. The summed E-state index contributed by atoms with van der Waals surface area (Å²) in [5, 5.41) is 20.3. The van der Waals surface area contributed by atoms with Crippen molar-refractivity contribution in [3.63, 3.8) is 0 Å². The Morgan fingerprint density at radius 1 is 1.23 bits per heavy atom. The molecule has 35 heavy (non-hydrogen) atoms. The summed E-state index contributed by atoms with van der Waals surface area (Å²) in [6.07, 6.45) is 4.20. The molecular formula is C24H28F4N6O. The minimum Gasteiger partial charge on any atom is -0.390 e. The van der Waals surface area contributed by atoms with Gasteiger partial charge in [-0.25, -0.2) is 13.2 Å². The number of hydrogen-bond acceptors (Lipinski definition) is 6. The Morgan fingerprint density at radius 3 is 2.80 bits per heavy atom. The predicted octanol–water partition coefficient (Wildman–Crippen LogP) is 3.13. The second-order valence-electron chi connectivity index (χ2n) is 9.34. The van der Waals surface area contributed by atoms with Crippen LogP contribution in [-0.2, 0) is 6.42 Å². The van der Waals surface area contributed by atoms with E-state index in [1.807, 2.05) is 0 Å². The number of anilines is 1. The third kappa shape index (κ3) is 4.85. The lowest BCUT2D eigenvalue weighted by atomic mass is 9.88. The summed E-state index contributed by atoms with van der Waals surface area (Å²) in [6, 6.07) is 4.24. The number of hydrogen-bond donors (Lipinski definition) is 3. The number of likely N-dealkylation sites (tertiary alicyclic amines) is 1. The van der Waals surface area contributed by atoms with E-state index in [1.165, 1.54) is 17.2 Å². The molecule has 11 heteroatoms. The third-order valence-electron chi connectivity index (χ3n) is 6.81. The fourth-order valence-corrected chi connectivity index (χ4v) is 5.14. The zero-order valence-corrected chi connectivity index (χ0v) is 19.2. The van der Waals surface area contributed by atoms with Gasteiger partial charge >= 0.3 is 0 Å². The molecule has 1 atom stereocenters. The summed E-state index contributed by atoms with van der Waals surface area (Å²) in [5.41, 5.74) is 3.02. The summed E-state index contributed by atoms with van der Waals surface area (Å²) in [6.45, 7) is 0.0906. The van der Waals surface area contributed by atoms with E-state index in [0.717, 1.165) is 29.6 Å². The largest absolute Gasteiger partial charge is 0.390 e. The number of H-pyrrole nitrogens is 1. The number of aromatic nitrogens is 3. The van der Waals surface area contributed by atoms with E-state index in [1.54, 1.807) is 18.3 Å². The number of aliphatic hydroxyl groups excluding tert-OH is 1. The number of nitrogens with one attached hydrogen (secondary N) is 2. The summed E-state index contributed by atoms with van der Waals surface area (Å²) < 4.78 is 56.2. The molecule has 0 aliphatic carbocycles. The molecule has 0 amide bonds. The summed E-state index contributed by atoms with van der Waals surface area (Å²) in [7, 11) is 0. The predicted molar refractivity (Wildman–Crippen MR) is 124 cm³/mol. The van der Waals surface area contributed by atoms with Crippen molar-refractivity contribution >= 4 is 16.6 Å². The molecule has 0 radical (unpaired) electrons. The van der Waals surface area contributed by atoms with E-state index in [4.69, 9.17) is 5.11 Å². The lowest BCUT2D eigenvalue weighted by Crippen LogP contribution is -2.54. The highest BCUT2D eigenvalue weighted by molar-refractivity contribution is 5.83. The fourth-order valence-electron chi connectivity index (χ4n) is 5.14. The molecule has 0 bridgehead atoms. The molecule has 5 rings (SSSR count). The van der Waals surface area contributed by atoms with Gasteiger partial charge in [0, 0.05) is 37.6 Å². The van der Waals surface area contributed by atoms with E-state index in [-0.39, 0.29) is 25.0 Å². The molecule has 1 saturated heterocycles. The number of halogens is 4. The molecule has 1 aromatic carbocycles. The van der Waals surface area contributed by atoms with Crippen LogP contribution in [0.2, 0.25) is 0 Å². The van der Waals surface area contributed by atoms with Gasteiger partial charge in [-0.3, -0.25) is 24.3 Å². The van der Waals surface area contributed by atoms with Crippen LogP contribution >= 0.6 is 0 Å². The van der Waals surface area contributed by atoms with E-state index >= 15 is 4.39 Å². The van der Waals surface area contributed by atoms with Gasteiger partial charge in [-0.2, -0.15) is 5.10 Å². The Labute approximate surface area is 200 Å². The SMILES string of the molecule is OCC(F)(F)CN1CCc2c(ccc3[nH]ncc23)C1c1ncc(NC2CN(CCCF)C2)cc1F. The normalized spacial score (nSPS) is 19.6. The first kappa shape index (κ1) is 24.0. The Morgan fingerprint density at radius 2 is 2.06 bits per heavy atom. The molecule has 7 nitrogen and oxygen atoms in total. The van der Waals surface area contributed by atoms with E-state index in [2.05, 4.69) is 25.4 Å². The van der Waals surface area contributed by atoms with Gasteiger partial charge in [0.15, 0.2) is 0 Å². The van der Waals surface area contributed by atoms with Crippen LogP contribution in [0.15, 0.2) is 30.6 Å². The maximum atomic E-state index is 15.4. The molecule has 2 aliphatic rings. The van der Waals surface area contributed by atoms with Crippen molar-refractivity contribution in [1.82, 2.24) is 25.0 Å². The minimum absolute atomic E-state index is 0.0614. The van der Waals surface area contributed by atoms with Crippen LogP contribution in [0, 0.1) is 5.82 Å². The smallest absolute Gasteiger partial charge is 0.283 e. The van der Waals surface area contributed by atoms with Gasteiger partial charge in [0.1, 0.15) is 12.4 Å². The molecule has 3 aromatic rings. The Bertz CT molecular complexity index is 1180. The van der Waals surface area contributed by atoms with Crippen molar-refractivity contribution in [2.24, 2.45) is 0 Å². The van der Waals surface area contributed by atoms with Crippen molar-refractivity contribution in [2.75, 3.05) is 51.3 Å². The van der Waals surface area contributed by atoms with E-state index < -0.39 is 30.9 Å². The highest BCUT2D eigenvalue weighted by atomic mass is 19.3. The molecule has 2 aliphatic heterocycles. The number of fused-ring (bicyclic) bond motifs is 3. The number of pyridine rings is 1. The number of aliphatic hydroxyl groups is 1. The van der Waals surface area contributed by atoms with Gasteiger partial charge in [0.05, 0.1) is 54.6 Å². The first-order valence-electron chi connectivity index (χ1n) is 11.8. The van der Waals surface area contributed by atoms with Crippen LogP contribution in [0.5, 0.6) is 0 Å². The van der Waals surface area contributed by atoms with Crippen LogP contribution in [0.3, 0.4) is 0 Å². The van der Waals surface area contributed by atoms with Gasteiger partial charge in [-0.05, 0) is 30.0 Å². The number of alkyl halides is 3. The second kappa shape index (κ2) is 9.71. The molecule has 0 saturated carbocycles. The number of nitrogens with zero attached hydrogens (tertiary/aromatic N) is 4. The molecule has 188 valence electrons. The van der Waals surface area contributed by atoms with Crippen LogP contribution in [0.25, 0.3) is 10.9 Å². The Kier molecular flexibility index (Phi) is 6.65. The molecule has 1 unspecified atom stereocenters.